The molecule has 0 aliphatic carbocycles. The topological polar surface area (TPSA) is 40.6 Å². The summed E-state index contributed by atoms with van der Waals surface area (Å²) in [5, 5.41) is 0. The molecule has 0 aliphatic rings. The lowest BCUT2D eigenvalue weighted by Gasteiger charge is -2.26. The van der Waals surface area contributed by atoms with Gasteiger partial charge in [0.05, 0.1) is 27.7 Å². The third-order valence-corrected chi connectivity index (χ3v) is 6.03. The van der Waals surface area contributed by atoms with Gasteiger partial charge in [-0.15, -0.1) is 11.7 Å². The SMILES string of the molecule is C=C/C(=C/C=C\C=C(C=O)/C(C)=C(/CC)C(=O)N(C)CCSS)N(C)CCC[N+](C)(C)C. The van der Waals surface area contributed by atoms with Crippen molar-refractivity contribution in [2.24, 2.45) is 0 Å². The Morgan fingerprint density at radius 1 is 1.09 bits per heavy atom. The van der Waals surface area contributed by atoms with Crippen molar-refractivity contribution in [3.8, 4) is 0 Å². The Morgan fingerprint density at radius 2 is 1.72 bits per heavy atom. The van der Waals surface area contributed by atoms with Crippen molar-refractivity contribution in [3.05, 3.63) is 59.4 Å². The van der Waals surface area contributed by atoms with Gasteiger partial charge in [-0.3, -0.25) is 9.59 Å². The van der Waals surface area contributed by atoms with E-state index in [0.29, 0.717) is 29.7 Å². The van der Waals surface area contributed by atoms with Gasteiger partial charge in [-0.05, 0) is 31.1 Å². The van der Waals surface area contributed by atoms with Crippen LogP contribution in [-0.4, -0.2) is 87.1 Å². The van der Waals surface area contributed by atoms with E-state index in [-0.39, 0.29) is 5.91 Å². The van der Waals surface area contributed by atoms with Gasteiger partial charge >= 0.3 is 0 Å². The summed E-state index contributed by atoms with van der Waals surface area (Å²) in [5.74, 6) is 0.705. The Labute approximate surface area is 205 Å². The lowest BCUT2D eigenvalue weighted by atomic mass is 9.99. The van der Waals surface area contributed by atoms with E-state index in [4.69, 9.17) is 0 Å². The molecule has 0 spiro atoms. The first-order valence-electron chi connectivity index (χ1n) is 10.9. The zero-order valence-corrected chi connectivity index (χ0v) is 22.6. The molecule has 0 heterocycles. The van der Waals surface area contributed by atoms with Gasteiger partial charge in [-0.1, -0.05) is 42.5 Å². The number of hydrogen-bond donors (Lipinski definition) is 1. The number of likely N-dealkylation sites (N-methyl/N-ethyl adjacent to an activating group) is 2. The maximum Gasteiger partial charge on any atom is 0.249 e. The second-order valence-corrected chi connectivity index (χ2v) is 10.2. The van der Waals surface area contributed by atoms with E-state index in [0.717, 1.165) is 41.7 Å². The normalized spacial score (nSPS) is 13.8. The molecule has 0 aromatic rings. The minimum absolute atomic E-state index is 0.0477. The highest BCUT2D eigenvalue weighted by atomic mass is 33.1. The Balaban J connectivity index is 5.41. The minimum Gasteiger partial charge on any atom is -0.374 e. The van der Waals surface area contributed by atoms with E-state index in [1.807, 2.05) is 38.2 Å². The molecule has 0 aromatic heterocycles. The van der Waals surface area contributed by atoms with Gasteiger partial charge in [0.25, 0.3) is 0 Å². The van der Waals surface area contributed by atoms with Crippen LogP contribution >= 0.6 is 22.5 Å². The second kappa shape index (κ2) is 16.0. The predicted octanol–water partition coefficient (Wildman–Crippen LogP) is 4.53. The van der Waals surface area contributed by atoms with E-state index < -0.39 is 0 Å². The molecule has 5 nitrogen and oxygen atoms in total. The molecule has 0 aliphatic heterocycles. The summed E-state index contributed by atoms with van der Waals surface area (Å²) in [7, 11) is 11.8. The summed E-state index contributed by atoms with van der Waals surface area (Å²) >= 11 is 4.13. The highest BCUT2D eigenvalue weighted by Gasteiger charge is 2.17. The number of nitrogens with zero attached hydrogens (tertiary/aromatic N) is 3. The molecule has 0 radical (unpaired) electrons. The largest absolute Gasteiger partial charge is 0.374 e. The smallest absolute Gasteiger partial charge is 0.249 e. The first-order chi connectivity index (χ1) is 15.0. The summed E-state index contributed by atoms with van der Waals surface area (Å²) < 4.78 is 0.944. The van der Waals surface area contributed by atoms with Crippen LogP contribution in [0.2, 0.25) is 0 Å². The van der Waals surface area contributed by atoms with Gasteiger partial charge in [-0.25, -0.2) is 0 Å². The van der Waals surface area contributed by atoms with Crippen LogP contribution in [0, 0.1) is 0 Å². The lowest BCUT2D eigenvalue weighted by Crippen LogP contribution is -2.36. The molecule has 0 atom stereocenters. The number of thiol groups is 1. The van der Waals surface area contributed by atoms with Gasteiger partial charge in [0.15, 0.2) is 0 Å². The van der Waals surface area contributed by atoms with Crippen molar-refractivity contribution in [2.75, 3.05) is 60.6 Å². The van der Waals surface area contributed by atoms with Crippen LogP contribution in [0.15, 0.2) is 59.4 Å². The highest BCUT2D eigenvalue weighted by Crippen LogP contribution is 2.19. The molecule has 0 bridgehead atoms. The zero-order chi connectivity index (χ0) is 24.7. The molecule has 0 rings (SSSR count). The molecule has 7 heteroatoms. The first-order valence-corrected chi connectivity index (χ1v) is 13.0. The fourth-order valence-corrected chi connectivity index (χ4v) is 3.69. The first kappa shape index (κ1) is 30.3. The standard InChI is InChI=1S/C25H41N3O2S2/c1-9-23(26(4)16-13-18-28(6,7)8)15-12-11-14-22(20-29)21(3)24(10-2)25(30)27(5)17-19-32-31/h9,11-12,14-15,20H,1,10,13,16-19H2,2-8H3/p+1/b12-11-,22-14-,23-15-,24-21-. The molecule has 180 valence electrons. The number of allylic oxidation sites excluding steroid dienone is 7. The van der Waals surface area contributed by atoms with Crippen LogP contribution in [0.1, 0.15) is 26.7 Å². The summed E-state index contributed by atoms with van der Waals surface area (Å²) in [5.41, 5.74) is 2.90. The van der Waals surface area contributed by atoms with E-state index in [2.05, 4.69) is 51.3 Å². The maximum atomic E-state index is 12.8. The summed E-state index contributed by atoms with van der Waals surface area (Å²) in [6.07, 6.45) is 11.7. The summed E-state index contributed by atoms with van der Waals surface area (Å²) in [6, 6.07) is 0. The number of aldehydes is 1. The monoisotopic (exact) mass is 480 g/mol. The van der Waals surface area contributed by atoms with Gasteiger partial charge < -0.3 is 14.3 Å². The third kappa shape index (κ3) is 11.8. The predicted molar refractivity (Wildman–Crippen MR) is 144 cm³/mol. The Morgan fingerprint density at radius 3 is 2.22 bits per heavy atom. The van der Waals surface area contributed by atoms with Crippen molar-refractivity contribution in [1.29, 1.82) is 0 Å². The molecule has 1 amide bonds. The van der Waals surface area contributed by atoms with Gasteiger partial charge in [-0.2, -0.15) is 0 Å². The molecule has 0 saturated carbocycles. The van der Waals surface area contributed by atoms with E-state index in [9.17, 15) is 9.59 Å². The average Bonchev–Trinajstić information content (AvgIpc) is 2.73. The van der Waals surface area contributed by atoms with Crippen LogP contribution in [0.3, 0.4) is 0 Å². The molecule has 0 N–H and O–H groups in total. The number of hydrogen-bond acceptors (Lipinski definition) is 5. The molecule has 0 unspecified atom stereocenters. The molecular formula is C25H42N3O2S2+. The molecular weight excluding hydrogens is 438 g/mol. The lowest BCUT2D eigenvalue weighted by molar-refractivity contribution is -0.870. The van der Waals surface area contributed by atoms with E-state index in [1.165, 1.54) is 10.8 Å². The molecule has 0 aromatic carbocycles. The number of carbonyl (C=O) groups excluding carboxylic acids is 2. The van der Waals surface area contributed by atoms with Crippen molar-refractivity contribution in [2.45, 2.75) is 26.7 Å². The second-order valence-electron chi connectivity index (χ2n) is 8.73. The average molecular weight is 481 g/mol. The Hall–Kier alpha value is -1.70. The van der Waals surface area contributed by atoms with Crippen LogP contribution in [-0.2, 0) is 9.59 Å². The fourth-order valence-electron chi connectivity index (χ4n) is 3.09. The molecule has 0 fully saturated rings. The van der Waals surface area contributed by atoms with E-state index >= 15 is 0 Å². The van der Waals surface area contributed by atoms with Gasteiger partial charge in [0.1, 0.15) is 6.29 Å². The summed E-state index contributed by atoms with van der Waals surface area (Å²) in [6.45, 7) is 10.3. The van der Waals surface area contributed by atoms with E-state index in [1.54, 1.807) is 18.0 Å². The number of quaternary nitrogens is 1. The van der Waals surface area contributed by atoms with Crippen LogP contribution < -0.4 is 0 Å². The van der Waals surface area contributed by atoms with Crippen molar-refractivity contribution in [3.63, 3.8) is 0 Å². The van der Waals surface area contributed by atoms with Gasteiger partial charge in [0, 0.05) is 56.2 Å². The Bertz CT molecular complexity index is 747. The highest BCUT2D eigenvalue weighted by molar-refractivity contribution is 8.68. The van der Waals surface area contributed by atoms with Crippen LogP contribution in [0.4, 0.5) is 0 Å². The third-order valence-electron chi connectivity index (χ3n) is 5.12. The minimum atomic E-state index is -0.0477. The number of carbonyl (C=O) groups is 2. The van der Waals surface area contributed by atoms with Crippen LogP contribution in [0.5, 0.6) is 0 Å². The number of amides is 1. The zero-order valence-electron chi connectivity index (χ0n) is 20.9. The summed E-state index contributed by atoms with van der Waals surface area (Å²) in [4.78, 5) is 28.3. The number of rotatable bonds is 15. The quantitative estimate of drug-likeness (QED) is 0.0934. The van der Waals surface area contributed by atoms with Crippen LogP contribution in [0.25, 0.3) is 0 Å². The fraction of sp³-hybridized carbons (Fsp3) is 0.520. The van der Waals surface area contributed by atoms with Crippen molar-refractivity contribution >= 4 is 34.6 Å². The molecule has 0 saturated heterocycles. The Kier molecular flexibility index (Phi) is 15.1. The molecule has 32 heavy (non-hydrogen) atoms. The maximum absolute atomic E-state index is 12.8. The van der Waals surface area contributed by atoms with Crippen molar-refractivity contribution < 1.29 is 14.1 Å². The van der Waals surface area contributed by atoms with Crippen molar-refractivity contribution in [1.82, 2.24) is 9.80 Å². The van der Waals surface area contributed by atoms with Gasteiger partial charge in [0.2, 0.25) is 5.91 Å².